The highest BCUT2D eigenvalue weighted by molar-refractivity contribution is 6.37. The van der Waals surface area contributed by atoms with E-state index < -0.39 is 23.3 Å². The lowest BCUT2D eigenvalue weighted by Gasteiger charge is -2.24. The summed E-state index contributed by atoms with van der Waals surface area (Å²) in [6.07, 6.45) is -4.52. The fourth-order valence-corrected chi connectivity index (χ4v) is 0.628. The van der Waals surface area contributed by atoms with Crippen LogP contribution in [0.25, 0.3) is 0 Å². The predicted molar refractivity (Wildman–Crippen MR) is 35.7 cm³/mol. The van der Waals surface area contributed by atoms with Gasteiger partial charge in [0.15, 0.2) is 0 Å². The number of hydrogen-bond donors (Lipinski definition) is 0. The first-order valence-electron chi connectivity index (χ1n) is 2.68. The predicted octanol–water partition coefficient (Wildman–Crippen LogP) is 3.84. The molecule has 0 saturated carbocycles. The van der Waals surface area contributed by atoms with Gasteiger partial charge < -0.3 is 0 Å². The molecule has 0 spiro atoms. The highest BCUT2D eigenvalue weighted by Crippen LogP contribution is 2.45. The van der Waals surface area contributed by atoms with Crippen LogP contribution in [-0.2, 0) is 0 Å². The van der Waals surface area contributed by atoms with Gasteiger partial charge in [-0.25, -0.2) is 8.78 Å². The van der Waals surface area contributed by atoms with Crippen molar-refractivity contribution in [1.82, 2.24) is 0 Å². The monoisotopic (exact) mass is 246 g/mol. The lowest BCUT2D eigenvalue weighted by Crippen LogP contribution is -2.46. The molecule has 0 rings (SSSR count). The van der Waals surface area contributed by atoms with Gasteiger partial charge in [0.2, 0.25) is 0 Å². The van der Waals surface area contributed by atoms with Gasteiger partial charge in [-0.2, -0.15) is 17.6 Å². The molecule has 0 atom stereocenters. The van der Waals surface area contributed by atoms with Crippen LogP contribution in [0.2, 0.25) is 0 Å². The van der Waals surface area contributed by atoms with Crippen LogP contribution in [0, 0.1) is 0 Å². The molecule has 0 bridgehead atoms. The van der Waals surface area contributed by atoms with Gasteiger partial charge in [-0.15, -0.1) is 0 Å². The topological polar surface area (TPSA) is 0 Å². The molecular formula is C5H2Cl2F6. The van der Waals surface area contributed by atoms with Crippen LogP contribution in [0.3, 0.4) is 0 Å². The quantitative estimate of drug-likeness (QED) is 0.664. The van der Waals surface area contributed by atoms with Crippen LogP contribution >= 0.6 is 23.2 Å². The Bertz CT molecular complexity index is 211. The molecule has 0 aliphatic rings. The van der Waals surface area contributed by atoms with Gasteiger partial charge in [0.05, 0.1) is 0 Å². The van der Waals surface area contributed by atoms with E-state index in [-0.39, 0.29) is 5.54 Å². The minimum atomic E-state index is -5.53. The zero-order valence-electron chi connectivity index (χ0n) is 5.68. The summed E-state index contributed by atoms with van der Waals surface area (Å²) in [4.78, 5) is 0. The minimum absolute atomic E-state index is 0.0855. The van der Waals surface area contributed by atoms with Crippen molar-refractivity contribution in [3.8, 4) is 0 Å². The Morgan fingerprint density at radius 3 is 1.77 bits per heavy atom. The third-order valence-corrected chi connectivity index (χ3v) is 1.76. The van der Waals surface area contributed by atoms with Crippen molar-refractivity contribution in [3.05, 3.63) is 10.6 Å². The second-order valence-electron chi connectivity index (χ2n) is 1.96. The first-order chi connectivity index (χ1) is 5.67. The van der Waals surface area contributed by atoms with Gasteiger partial charge in [-0.05, 0) is 0 Å². The van der Waals surface area contributed by atoms with Crippen molar-refractivity contribution >= 4 is 23.2 Å². The maximum absolute atomic E-state index is 12.3. The molecule has 0 aromatic rings. The van der Waals surface area contributed by atoms with E-state index in [0.717, 1.165) is 0 Å². The fraction of sp³-hybridized carbons (Fsp3) is 0.600. The van der Waals surface area contributed by atoms with Crippen LogP contribution in [-0.4, -0.2) is 18.3 Å². The Hall–Kier alpha value is -0.100. The first-order valence-corrected chi connectivity index (χ1v) is 3.49. The SMILES string of the molecule is FC(F)C(F)(F)C(F)(F)C(Cl)=CCl. The van der Waals surface area contributed by atoms with Crippen LogP contribution < -0.4 is 0 Å². The molecule has 0 aromatic heterocycles. The van der Waals surface area contributed by atoms with Crippen LogP contribution in [0.5, 0.6) is 0 Å². The number of allylic oxidation sites excluding steroid dienone is 1. The van der Waals surface area contributed by atoms with Crippen molar-refractivity contribution in [1.29, 1.82) is 0 Å². The van der Waals surface area contributed by atoms with Gasteiger partial charge in [-0.1, -0.05) is 23.2 Å². The molecule has 0 saturated heterocycles. The molecule has 0 N–H and O–H groups in total. The molecule has 0 fully saturated rings. The van der Waals surface area contributed by atoms with Gasteiger partial charge in [0, 0.05) is 5.54 Å². The standard InChI is InChI=1S/C5H2Cl2F6/c6-1-2(7)4(10,11)5(12,13)3(8)9/h1,3H. The average Bonchev–Trinajstić information content (AvgIpc) is 2.02. The highest BCUT2D eigenvalue weighted by atomic mass is 35.5. The van der Waals surface area contributed by atoms with Gasteiger partial charge >= 0.3 is 18.3 Å². The zero-order chi connectivity index (χ0) is 10.9. The molecule has 0 aromatic carbocycles. The van der Waals surface area contributed by atoms with E-state index in [4.69, 9.17) is 0 Å². The lowest BCUT2D eigenvalue weighted by molar-refractivity contribution is -0.243. The molecule has 0 amide bonds. The Morgan fingerprint density at radius 2 is 1.54 bits per heavy atom. The number of halogens is 8. The largest absolute Gasteiger partial charge is 0.374 e. The number of hydrogen-bond acceptors (Lipinski definition) is 0. The summed E-state index contributed by atoms with van der Waals surface area (Å²) >= 11 is 9.15. The highest BCUT2D eigenvalue weighted by Gasteiger charge is 2.64. The van der Waals surface area contributed by atoms with Crippen molar-refractivity contribution < 1.29 is 26.3 Å². The second kappa shape index (κ2) is 3.96. The van der Waals surface area contributed by atoms with E-state index in [1.54, 1.807) is 0 Å². The summed E-state index contributed by atoms with van der Waals surface area (Å²) in [5.41, 5.74) is -0.0855. The summed E-state index contributed by atoms with van der Waals surface area (Å²) in [5, 5.41) is -1.83. The molecular weight excluding hydrogens is 245 g/mol. The van der Waals surface area contributed by atoms with Gasteiger partial charge in [0.25, 0.3) is 0 Å². The third kappa shape index (κ3) is 2.22. The minimum Gasteiger partial charge on any atom is -0.203 e. The molecule has 0 aliphatic heterocycles. The normalized spacial score (nSPS) is 15.3. The first kappa shape index (κ1) is 12.9. The Kier molecular flexibility index (Phi) is 3.93. The van der Waals surface area contributed by atoms with E-state index in [1.807, 2.05) is 0 Å². The van der Waals surface area contributed by atoms with Crippen LogP contribution in [0.1, 0.15) is 0 Å². The van der Waals surface area contributed by atoms with E-state index in [0.29, 0.717) is 0 Å². The summed E-state index contributed by atoms with van der Waals surface area (Å²) in [5.74, 6) is -10.7. The second-order valence-corrected chi connectivity index (χ2v) is 2.58. The zero-order valence-corrected chi connectivity index (χ0v) is 7.19. The van der Waals surface area contributed by atoms with Crippen molar-refractivity contribution in [2.45, 2.75) is 18.3 Å². The summed E-state index contributed by atoms with van der Waals surface area (Å²) in [7, 11) is 0. The average molecular weight is 247 g/mol. The van der Waals surface area contributed by atoms with Gasteiger partial charge in [0.1, 0.15) is 5.03 Å². The smallest absolute Gasteiger partial charge is 0.203 e. The van der Waals surface area contributed by atoms with Crippen LogP contribution in [0.4, 0.5) is 26.3 Å². The molecule has 0 radical (unpaired) electrons. The van der Waals surface area contributed by atoms with Crippen molar-refractivity contribution in [2.75, 3.05) is 0 Å². The van der Waals surface area contributed by atoms with Crippen LogP contribution in [0.15, 0.2) is 10.6 Å². The molecule has 8 heteroatoms. The molecule has 0 aliphatic carbocycles. The van der Waals surface area contributed by atoms with E-state index >= 15 is 0 Å². The van der Waals surface area contributed by atoms with E-state index in [1.165, 1.54) is 0 Å². The van der Waals surface area contributed by atoms with Crippen molar-refractivity contribution in [2.24, 2.45) is 0 Å². The maximum atomic E-state index is 12.3. The molecule has 0 nitrogen and oxygen atoms in total. The lowest BCUT2D eigenvalue weighted by atomic mass is 10.2. The van der Waals surface area contributed by atoms with Crippen molar-refractivity contribution in [3.63, 3.8) is 0 Å². The molecule has 78 valence electrons. The molecule has 0 unspecified atom stereocenters. The Labute approximate surface area is 79.1 Å². The van der Waals surface area contributed by atoms with E-state index in [9.17, 15) is 26.3 Å². The maximum Gasteiger partial charge on any atom is 0.374 e. The summed E-state index contributed by atoms with van der Waals surface area (Å²) < 4.78 is 71.7. The fourth-order valence-electron chi connectivity index (χ4n) is 0.365. The number of rotatable bonds is 3. The molecule has 13 heavy (non-hydrogen) atoms. The Balaban J connectivity index is 5.03. The third-order valence-electron chi connectivity index (χ3n) is 1.09. The summed E-state index contributed by atoms with van der Waals surface area (Å²) in [6.45, 7) is 0. The number of alkyl halides is 6. The Morgan fingerprint density at radius 1 is 1.15 bits per heavy atom. The molecule has 0 heterocycles. The van der Waals surface area contributed by atoms with Gasteiger partial charge in [-0.3, -0.25) is 0 Å². The van der Waals surface area contributed by atoms with E-state index in [2.05, 4.69) is 23.2 Å². The summed E-state index contributed by atoms with van der Waals surface area (Å²) in [6, 6.07) is 0.